The highest BCUT2D eigenvalue weighted by Crippen LogP contribution is 2.37. The summed E-state index contributed by atoms with van der Waals surface area (Å²) in [6.45, 7) is -0.0550. The Balaban J connectivity index is 0.00000420. The topological polar surface area (TPSA) is 50.5 Å². The largest absolute Gasteiger partial charge is 0.492 e. The average Bonchev–Trinajstić information content (AvgIpc) is 3.26. The Bertz CT molecular complexity index is 1400. The molecule has 0 aliphatic rings. The molecule has 0 radical (unpaired) electrons. The zero-order valence-corrected chi connectivity index (χ0v) is 21.5. The number of hydrogen-bond donors (Lipinski definition) is 1. The van der Waals surface area contributed by atoms with Crippen molar-refractivity contribution in [1.29, 1.82) is 0 Å². The summed E-state index contributed by atoms with van der Waals surface area (Å²) in [7, 11) is 3.92. The average molecular weight is 572 g/mol. The van der Waals surface area contributed by atoms with Crippen LogP contribution in [-0.4, -0.2) is 32.2 Å². The second-order valence-corrected chi connectivity index (χ2v) is 8.57. The van der Waals surface area contributed by atoms with E-state index in [1.807, 2.05) is 49.3 Å². The fourth-order valence-electron chi connectivity index (χ4n) is 3.56. The third-order valence-corrected chi connectivity index (χ3v) is 5.49. The Morgan fingerprint density at radius 1 is 0.872 bits per heavy atom. The first-order valence-electron chi connectivity index (χ1n) is 11.4. The Hall–Kier alpha value is -3.86. The lowest BCUT2D eigenvalue weighted by atomic mass is 10.1. The number of nitrogens with one attached hydrogen (secondary N) is 1. The van der Waals surface area contributed by atoms with Crippen LogP contribution in [0.25, 0.3) is 23.3 Å². The fourth-order valence-corrected chi connectivity index (χ4v) is 3.56. The fraction of sp³-hybridized carbons (Fsp3) is 0.222. The maximum absolute atomic E-state index is 13.0. The van der Waals surface area contributed by atoms with Crippen molar-refractivity contribution in [3.05, 3.63) is 83.2 Å². The van der Waals surface area contributed by atoms with Gasteiger partial charge in [-0.3, -0.25) is 0 Å². The Labute approximate surface area is 226 Å². The molecule has 39 heavy (non-hydrogen) atoms. The molecule has 0 saturated carbocycles. The molecule has 1 aromatic heterocycles. The minimum atomic E-state index is -4.91. The summed E-state index contributed by atoms with van der Waals surface area (Å²) in [5.74, 6) is 0.797. The van der Waals surface area contributed by atoms with Crippen LogP contribution < -0.4 is 15.0 Å². The van der Waals surface area contributed by atoms with E-state index >= 15 is 0 Å². The van der Waals surface area contributed by atoms with Gasteiger partial charge in [0.15, 0.2) is 5.58 Å². The van der Waals surface area contributed by atoms with Gasteiger partial charge in [0.2, 0.25) is 5.89 Å². The number of ether oxygens (including phenoxy) is 1. The van der Waals surface area contributed by atoms with Gasteiger partial charge in [-0.05, 0) is 54.1 Å². The molecule has 0 aliphatic carbocycles. The first-order valence-corrected chi connectivity index (χ1v) is 11.4. The van der Waals surface area contributed by atoms with Crippen molar-refractivity contribution in [3.8, 4) is 5.75 Å². The molecule has 0 bridgehead atoms. The van der Waals surface area contributed by atoms with E-state index in [0.717, 1.165) is 11.3 Å². The number of anilines is 2. The van der Waals surface area contributed by atoms with Gasteiger partial charge in [0, 0.05) is 44.2 Å². The number of oxazole rings is 1. The van der Waals surface area contributed by atoms with E-state index < -0.39 is 23.5 Å². The summed E-state index contributed by atoms with van der Waals surface area (Å²) in [5.41, 5.74) is 0.0238. The molecule has 5 nitrogen and oxygen atoms in total. The number of halogens is 7. The molecule has 12 heteroatoms. The van der Waals surface area contributed by atoms with E-state index in [1.54, 1.807) is 24.3 Å². The third-order valence-electron chi connectivity index (χ3n) is 5.49. The van der Waals surface area contributed by atoms with Gasteiger partial charge < -0.3 is 19.4 Å². The molecule has 208 valence electrons. The lowest BCUT2D eigenvalue weighted by Gasteiger charge is -2.15. The van der Waals surface area contributed by atoms with Crippen LogP contribution in [0.15, 0.2) is 65.1 Å². The van der Waals surface area contributed by atoms with Crippen molar-refractivity contribution < 1.29 is 35.5 Å². The van der Waals surface area contributed by atoms with Crippen LogP contribution in [0.2, 0.25) is 0 Å². The number of rotatable bonds is 8. The van der Waals surface area contributed by atoms with E-state index in [2.05, 4.69) is 10.3 Å². The van der Waals surface area contributed by atoms with E-state index in [4.69, 9.17) is 9.15 Å². The quantitative estimate of drug-likeness (QED) is 0.171. The van der Waals surface area contributed by atoms with Crippen LogP contribution in [0.3, 0.4) is 0 Å². The van der Waals surface area contributed by atoms with Gasteiger partial charge in [0.1, 0.15) is 17.9 Å². The summed E-state index contributed by atoms with van der Waals surface area (Å²) in [6, 6.07) is 14.2. The molecule has 0 fully saturated rings. The van der Waals surface area contributed by atoms with Gasteiger partial charge >= 0.3 is 12.4 Å². The minimum Gasteiger partial charge on any atom is -0.492 e. The number of benzene rings is 3. The highest BCUT2D eigenvalue weighted by atomic mass is 35.5. The van der Waals surface area contributed by atoms with Crippen LogP contribution >= 0.6 is 12.4 Å². The van der Waals surface area contributed by atoms with Crippen LogP contribution in [0, 0.1) is 0 Å². The number of alkyl halides is 6. The number of hydrogen-bond acceptors (Lipinski definition) is 5. The van der Waals surface area contributed by atoms with Crippen LogP contribution in [0.1, 0.15) is 22.6 Å². The molecule has 3 aromatic carbocycles. The van der Waals surface area contributed by atoms with Crippen molar-refractivity contribution >= 4 is 47.0 Å². The van der Waals surface area contributed by atoms with Gasteiger partial charge in [-0.15, -0.1) is 12.4 Å². The van der Waals surface area contributed by atoms with E-state index in [1.165, 1.54) is 0 Å². The first-order chi connectivity index (χ1) is 17.9. The first kappa shape index (κ1) is 29.7. The molecule has 0 amide bonds. The van der Waals surface area contributed by atoms with E-state index in [-0.39, 0.29) is 37.3 Å². The zero-order valence-electron chi connectivity index (χ0n) is 20.7. The lowest BCUT2D eigenvalue weighted by Crippen LogP contribution is -2.15. The van der Waals surface area contributed by atoms with Gasteiger partial charge in [0.05, 0.1) is 11.1 Å². The highest BCUT2D eigenvalue weighted by molar-refractivity contribution is 5.85. The van der Waals surface area contributed by atoms with E-state index in [9.17, 15) is 26.3 Å². The van der Waals surface area contributed by atoms with Crippen molar-refractivity contribution in [1.82, 2.24) is 4.98 Å². The smallest absolute Gasteiger partial charge is 0.416 e. The van der Waals surface area contributed by atoms with Crippen molar-refractivity contribution in [2.75, 3.05) is 37.5 Å². The van der Waals surface area contributed by atoms with Gasteiger partial charge in [-0.2, -0.15) is 26.3 Å². The summed E-state index contributed by atoms with van der Waals surface area (Å²) in [4.78, 5) is 6.39. The summed E-state index contributed by atoms with van der Waals surface area (Å²) in [5, 5.41) is 2.55. The SMILES string of the molecule is CN(C)c1ccc(/C=C/c2nc3ccc(OCCNc4cc(C(F)(F)F)cc(C(F)(F)F)c4)cc3o2)cc1.Cl. The second kappa shape index (κ2) is 11.9. The van der Waals surface area contributed by atoms with Crippen molar-refractivity contribution in [2.24, 2.45) is 0 Å². The molecule has 4 rings (SSSR count). The standard InChI is InChI=1S/C27H23F6N3O2.ClH/c1-36(2)21-6-3-17(4-7-21)5-10-25-35-23-9-8-22(16-24(23)38-25)37-12-11-34-20-14-18(26(28,29)30)13-19(15-20)27(31,32)33;/h3-10,13-16,34H,11-12H2,1-2H3;1H/b10-5+;. The normalized spacial score (nSPS) is 12.0. The maximum atomic E-state index is 13.0. The number of nitrogens with zero attached hydrogens (tertiary/aromatic N) is 2. The number of aromatic nitrogens is 1. The molecule has 1 N–H and O–H groups in total. The van der Waals surface area contributed by atoms with Gasteiger partial charge in [-0.1, -0.05) is 12.1 Å². The molecule has 0 spiro atoms. The summed E-state index contributed by atoms with van der Waals surface area (Å²) in [6.07, 6.45) is -6.22. The Kier molecular flexibility index (Phi) is 9.06. The minimum absolute atomic E-state index is 0. The third kappa shape index (κ3) is 7.82. The van der Waals surface area contributed by atoms with Crippen LogP contribution in [-0.2, 0) is 12.4 Å². The van der Waals surface area contributed by atoms with Crippen molar-refractivity contribution in [2.45, 2.75) is 12.4 Å². The molecule has 0 aliphatic heterocycles. The van der Waals surface area contributed by atoms with Crippen molar-refractivity contribution in [3.63, 3.8) is 0 Å². The zero-order chi connectivity index (χ0) is 27.5. The molecule has 0 unspecified atom stereocenters. The molecular weight excluding hydrogens is 548 g/mol. The van der Waals surface area contributed by atoms with Gasteiger partial charge in [-0.25, -0.2) is 4.98 Å². The molecule has 4 aromatic rings. The molecule has 0 saturated heterocycles. The summed E-state index contributed by atoms with van der Waals surface area (Å²) < 4.78 is 89.4. The van der Waals surface area contributed by atoms with Gasteiger partial charge in [0.25, 0.3) is 0 Å². The van der Waals surface area contributed by atoms with Crippen LogP contribution in [0.4, 0.5) is 37.7 Å². The predicted molar refractivity (Wildman–Crippen MR) is 141 cm³/mol. The summed E-state index contributed by atoms with van der Waals surface area (Å²) >= 11 is 0. The molecular formula is C27H24ClF6N3O2. The van der Waals surface area contributed by atoms with Crippen LogP contribution in [0.5, 0.6) is 5.75 Å². The van der Waals surface area contributed by atoms with E-state index in [0.29, 0.717) is 34.9 Å². The predicted octanol–water partition coefficient (Wildman–Crippen LogP) is 8.01. The second-order valence-electron chi connectivity index (χ2n) is 8.57. The number of fused-ring (bicyclic) bond motifs is 1. The molecule has 0 atom stereocenters. The maximum Gasteiger partial charge on any atom is 0.416 e. The Morgan fingerprint density at radius 3 is 2.10 bits per heavy atom. The monoisotopic (exact) mass is 571 g/mol. The lowest BCUT2D eigenvalue weighted by molar-refractivity contribution is -0.143. The Morgan fingerprint density at radius 2 is 1.51 bits per heavy atom. The molecule has 1 heterocycles. The highest BCUT2D eigenvalue weighted by Gasteiger charge is 2.36.